The summed E-state index contributed by atoms with van der Waals surface area (Å²) in [4.78, 5) is 4.30. The fourth-order valence-corrected chi connectivity index (χ4v) is 2.24. The number of methoxy groups -OCH3 is 1. The number of aromatic nitrogens is 1. The zero-order chi connectivity index (χ0) is 14.7. The molecule has 0 saturated heterocycles. The van der Waals surface area contributed by atoms with Crippen LogP contribution in [0.3, 0.4) is 0 Å². The van der Waals surface area contributed by atoms with Gasteiger partial charge in [0.05, 0.1) is 29.6 Å². The SMILES string of the molecule is COc1ccccc1Nc1c(C#N)cnc2ccccc12. The molecule has 2 aromatic carbocycles. The molecule has 1 heterocycles. The van der Waals surface area contributed by atoms with E-state index in [0.717, 1.165) is 28.0 Å². The first-order valence-corrected chi connectivity index (χ1v) is 6.51. The van der Waals surface area contributed by atoms with Gasteiger partial charge in [0.15, 0.2) is 0 Å². The Morgan fingerprint density at radius 1 is 1.10 bits per heavy atom. The summed E-state index contributed by atoms with van der Waals surface area (Å²) in [6.07, 6.45) is 1.58. The Hall–Kier alpha value is -3.06. The van der Waals surface area contributed by atoms with Crippen molar-refractivity contribution in [3.8, 4) is 11.8 Å². The van der Waals surface area contributed by atoms with Crippen LogP contribution >= 0.6 is 0 Å². The Labute approximate surface area is 122 Å². The quantitative estimate of drug-likeness (QED) is 0.788. The standard InChI is InChI=1S/C17H13N3O/c1-21-16-9-5-4-8-15(16)20-17-12(10-18)11-19-14-7-3-2-6-13(14)17/h2-9,11H,1H3,(H,19,20). The van der Waals surface area contributed by atoms with Gasteiger partial charge in [0.1, 0.15) is 11.8 Å². The van der Waals surface area contributed by atoms with Gasteiger partial charge in [-0.1, -0.05) is 30.3 Å². The molecule has 3 rings (SSSR count). The van der Waals surface area contributed by atoms with Crippen molar-refractivity contribution in [1.29, 1.82) is 5.26 Å². The molecule has 1 aromatic heterocycles. The molecule has 102 valence electrons. The summed E-state index contributed by atoms with van der Waals surface area (Å²) in [7, 11) is 1.62. The van der Waals surface area contributed by atoms with Gasteiger partial charge >= 0.3 is 0 Å². The number of anilines is 2. The summed E-state index contributed by atoms with van der Waals surface area (Å²) in [6, 6.07) is 17.5. The highest BCUT2D eigenvalue weighted by Gasteiger charge is 2.10. The van der Waals surface area contributed by atoms with Crippen LogP contribution in [-0.4, -0.2) is 12.1 Å². The Morgan fingerprint density at radius 3 is 2.67 bits per heavy atom. The molecule has 0 aliphatic carbocycles. The molecule has 0 amide bonds. The lowest BCUT2D eigenvalue weighted by molar-refractivity contribution is 0.417. The lowest BCUT2D eigenvalue weighted by atomic mass is 10.1. The van der Waals surface area contributed by atoms with E-state index in [4.69, 9.17) is 4.74 Å². The van der Waals surface area contributed by atoms with Crippen molar-refractivity contribution in [2.45, 2.75) is 0 Å². The summed E-state index contributed by atoms with van der Waals surface area (Å²) < 4.78 is 5.34. The van der Waals surface area contributed by atoms with Crippen molar-refractivity contribution in [2.24, 2.45) is 0 Å². The van der Waals surface area contributed by atoms with E-state index >= 15 is 0 Å². The second kappa shape index (κ2) is 5.51. The molecule has 0 unspecified atom stereocenters. The molecule has 0 spiro atoms. The molecule has 0 radical (unpaired) electrons. The number of hydrogen-bond donors (Lipinski definition) is 1. The maximum atomic E-state index is 9.32. The summed E-state index contributed by atoms with van der Waals surface area (Å²) in [5.41, 5.74) is 2.90. The topological polar surface area (TPSA) is 57.9 Å². The van der Waals surface area contributed by atoms with Gasteiger partial charge in [-0.2, -0.15) is 5.26 Å². The normalized spacial score (nSPS) is 10.1. The van der Waals surface area contributed by atoms with Gasteiger partial charge in [0, 0.05) is 11.6 Å². The van der Waals surface area contributed by atoms with Crippen LogP contribution in [0.4, 0.5) is 11.4 Å². The zero-order valence-corrected chi connectivity index (χ0v) is 11.5. The first kappa shape index (κ1) is 12.9. The van der Waals surface area contributed by atoms with Crippen LogP contribution in [-0.2, 0) is 0 Å². The van der Waals surface area contributed by atoms with E-state index in [9.17, 15) is 5.26 Å². The molecule has 4 heteroatoms. The van der Waals surface area contributed by atoms with Crippen molar-refractivity contribution in [3.05, 3.63) is 60.3 Å². The van der Waals surface area contributed by atoms with Crippen LogP contribution in [0.5, 0.6) is 5.75 Å². The van der Waals surface area contributed by atoms with Crippen LogP contribution < -0.4 is 10.1 Å². The van der Waals surface area contributed by atoms with Crippen molar-refractivity contribution in [2.75, 3.05) is 12.4 Å². The van der Waals surface area contributed by atoms with E-state index in [1.807, 2.05) is 48.5 Å². The third-order valence-corrected chi connectivity index (χ3v) is 3.26. The number of ether oxygens (including phenoxy) is 1. The highest BCUT2D eigenvalue weighted by molar-refractivity contribution is 5.96. The largest absolute Gasteiger partial charge is 0.495 e. The molecule has 0 fully saturated rings. The van der Waals surface area contributed by atoms with Crippen molar-refractivity contribution in [3.63, 3.8) is 0 Å². The van der Waals surface area contributed by atoms with Crippen LogP contribution in [0.2, 0.25) is 0 Å². The van der Waals surface area contributed by atoms with Gasteiger partial charge in [-0.05, 0) is 18.2 Å². The predicted molar refractivity (Wildman–Crippen MR) is 82.7 cm³/mol. The van der Waals surface area contributed by atoms with Crippen LogP contribution in [0, 0.1) is 11.3 Å². The van der Waals surface area contributed by atoms with E-state index in [0.29, 0.717) is 5.56 Å². The Balaban J connectivity index is 2.17. The van der Waals surface area contributed by atoms with Gasteiger partial charge in [-0.25, -0.2) is 0 Å². The molecule has 4 nitrogen and oxygen atoms in total. The number of nitrogens with zero attached hydrogens (tertiary/aromatic N) is 2. The summed E-state index contributed by atoms with van der Waals surface area (Å²) in [5.74, 6) is 0.724. The second-order valence-electron chi connectivity index (χ2n) is 4.50. The van der Waals surface area contributed by atoms with Gasteiger partial charge in [0.25, 0.3) is 0 Å². The van der Waals surface area contributed by atoms with E-state index < -0.39 is 0 Å². The van der Waals surface area contributed by atoms with E-state index in [1.165, 1.54) is 0 Å². The van der Waals surface area contributed by atoms with Crippen LogP contribution in [0.25, 0.3) is 10.9 Å². The van der Waals surface area contributed by atoms with Crippen molar-refractivity contribution in [1.82, 2.24) is 4.98 Å². The number of hydrogen-bond acceptors (Lipinski definition) is 4. The predicted octanol–water partition coefficient (Wildman–Crippen LogP) is 3.86. The Kier molecular flexibility index (Phi) is 3.40. The number of nitriles is 1. The fraction of sp³-hybridized carbons (Fsp3) is 0.0588. The molecule has 0 aliphatic heterocycles. The highest BCUT2D eigenvalue weighted by atomic mass is 16.5. The summed E-state index contributed by atoms with van der Waals surface area (Å²) in [5, 5.41) is 13.5. The highest BCUT2D eigenvalue weighted by Crippen LogP contribution is 2.32. The lowest BCUT2D eigenvalue weighted by Gasteiger charge is -2.14. The van der Waals surface area contributed by atoms with Gasteiger partial charge < -0.3 is 10.1 Å². The number of rotatable bonds is 3. The Bertz CT molecular complexity index is 837. The fourth-order valence-electron chi connectivity index (χ4n) is 2.24. The minimum atomic E-state index is 0.500. The van der Waals surface area contributed by atoms with Gasteiger partial charge in [0.2, 0.25) is 0 Å². The first-order valence-electron chi connectivity index (χ1n) is 6.51. The van der Waals surface area contributed by atoms with E-state index in [-0.39, 0.29) is 0 Å². The molecule has 21 heavy (non-hydrogen) atoms. The number of nitrogens with one attached hydrogen (secondary N) is 1. The van der Waals surface area contributed by atoms with Crippen LogP contribution in [0.1, 0.15) is 5.56 Å². The zero-order valence-electron chi connectivity index (χ0n) is 11.5. The van der Waals surface area contributed by atoms with Crippen LogP contribution in [0.15, 0.2) is 54.7 Å². The summed E-state index contributed by atoms with van der Waals surface area (Å²) >= 11 is 0. The Morgan fingerprint density at radius 2 is 1.86 bits per heavy atom. The minimum Gasteiger partial charge on any atom is -0.495 e. The van der Waals surface area contributed by atoms with Gasteiger partial charge in [-0.3, -0.25) is 4.98 Å². The maximum absolute atomic E-state index is 9.32. The monoisotopic (exact) mass is 275 g/mol. The summed E-state index contributed by atoms with van der Waals surface area (Å²) in [6.45, 7) is 0. The smallest absolute Gasteiger partial charge is 0.142 e. The average molecular weight is 275 g/mol. The number of benzene rings is 2. The van der Waals surface area contributed by atoms with E-state index in [1.54, 1.807) is 13.3 Å². The molecule has 0 saturated carbocycles. The van der Waals surface area contributed by atoms with Crippen molar-refractivity contribution < 1.29 is 4.74 Å². The number of fused-ring (bicyclic) bond motifs is 1. The maximum Gasteiger partial charge on any atom is 0.142 e. The molecular formula is C17H13N3O. The van der Waals surface area contributed by atoms with E-state index in [2.05, 4.69) is 16.4 Å². The molecule has 3 aromatic rings. The third kappa shape index (κ3) is 2.37. The molecule has 1 N–H and O–H groups in total. The lowest BCUT2D eigenvalue weighted by Crippen LogP contribution is -1.98. The first-order chi connectivity index (χ1) is 10.3. The molecule has 0 atom stereocenters. The average Bonchev–Trinajstić information content (AvgIpc) is 2.55. The second-order valence-corrected chi connectivity index (χ2v) is 4.50. The van der Waals surface area contributed by atoms with Crippen molar-refractivity contribution >= 4 is 22.3 Å². The molecule has 0 bridgehead atoms. The number of para-hydroxylation sites is 3. The molecule has 0 aliphatic rings. The van der Waals surface area contributed by atoms with Gasteiger partial charge in [-0.15, -0.1) is 0 Å². The molecular weight excluding hydrogens is 262 g/mol. The number of pyridine rings is 1. The minimum absolute atomic E-state index is 0.500. The third-order valence-electron chi connectivity index (χ3n) is 3.26.